The molecule has 2 atom stereocenters. The summed E-state index contributed by atoms with van der Waals surface area (Å²) in [6.07, 6.45) is -5.14. The van der Waals surface area contributed by atoms with Gasteiger partial charge in [0.25, 0.3) is 0 Å². The first-order valence-corrected chi connectivity index (χ1v) is 10.7. The molecule has 1 aromatic rings. The molecule has 1 aliphatic heterocycles. The van der Waals surface area contributed by atoms with Crippen LogP contribution in [0, 0.1) is 16.7 Å². The molecule has 1 aromatic carbocycles. The van der Waals surface area contributed by atoms with Crippen LogP contribution in [0.4, 0.5) is 26.3 Å². The van der Waals surface area contributed by atoms with Gasteiger partial charge in [-0.25, -0.2) is 0 Å². The van der Waals surface area contributed by atoms with Crippen molar-refractivity contribution in [2.24, 2.45) is 5.41 Å². The van der Waals surface area contributed by atoms with Crippen molar-refractivity contribution in [3.8, 4) is 11.8 Å². The van der Waals surface area contributed by atoms with E-state index in [1.807, 2.05) is 0 Å². The molecule has 2 bridgehead atoms. The summed E-state index contributed by atoms with van der Waals surface area (Å²) in [5.74, 6) is -2.80. The topological polar surface area (TPSA) is 87.5 Å². The average molecular weight is 484 g/mol. The number of fused-ring (bicyclic) bond motifs is 4. The predicted octanol–water partition coefficient (Wildman–Crippen LogP) is 3.79. The molecule has 0 spiro atoms. The number of nitriles is 1. The lowest BCUT2D eigenvalue weighted by Gasteiger charge is -2.60. The Morgan fingerprint density at radius 1 is 1.19 bits per heavy atom. The molecular formula is C19H18F6N2O4S. The quantitative estimate of drug-likeness (QED) is 0.362. The van der Waals surface area contributed by atoms with Crippen LogP contribution in [-0.4, -0.2) is 43.5 Å². The van der Waals surface area contributed by atoms with E-state index in [9.17, 15) is 44.8 Å². The van der Waals surface area contributed by atoms with Gasteiger partial charge in [0, 0.05) is 18.0 Å². The highest BCUT2D eigenvalue weighted by atomic mass is 32.2. The smallest absolute Gasteiger partial charge is 0.375 e. The van der Waals surface area contributed by atoms with Crippen molar-refractivity contribution < 1.29 is 43.7 Å². The van der Waals surface area contributed by atoms with Crippen LogP contribution >= 0.6 is 0 Å². The molecule has 32 heavy (non-hydrogen) atoms. The van der Waals surface area contributed by atoms with E-state index in [2.05, 4.69) is 4.18 Å². The summed E-state index contributed by atoms with van der Waals surface area (Å²) in [6, 6.07) is 2.80. The fourth-order valence-corrected chi connectivity index (χ4v) is 5.14. The van der Waals surface area contributed by atoms with Crippen LogP contribution in [-0.2, 0) is 26.7 Å². The lowest BCUT2D eigenvalue weighted by Crippen LogP contribution is -2.66. The van der Waals surface area contributed by atoms with Gasteiger partial charge in [-0.2, -0.15) is 40.0 Å². The first-order valence-electron chi connectivity index (χ1n) is 9.33. The maximum Gasteiger partial charge on any atom is 0.534 e. The highest BCUT2D eigenvalue weighted by molar-refractivity contribution is 7.88. The number of likely N-dealkylation sites (tertiary alicyclic amines) is 1. The molecule has 1 aliphatic carbocycles. The van der Waals surface area contributed by atoms with E-state index in [0.717, 1.165) is 17.0 Å². The number of carbonyl (C=O) groups is 1. The third-order valence-corrected chi connectivity index (χ3v) is 7.77. The Hall–Kier alpha value is -2.49. The van der Waals surface area contributed by atoms with E-state index in [1.165, 1.54) is 0 Å². The van der Waals surface area contributed by atoms with Gasteiger partial charge in [-0.05, 0) is 41.5 Å². The van der Waals surface area contributed by atoms with Gasteiger partial charge in [0.2, 0.25) is 0 Å². The Balaban J connectivity index is 2.15. The highest BCUT2D eigenvalue weighted by Crippen LogP contribution is 2.57. The fraction of sp³-hybridized carbons (Fsp3) is 0.579. The minimum atomic E-state index is -6.04. The summed E-state index contributed by atoms with van der Waals surface area (Å²) >= 11 is 0. The van der Waals surface area contributed by atoms with Gasteiger partial charge in [-0.3, -0.25) is 4.79 Å². The summed E-state index contributed by atoms with van der Waals surface area (Å²) in [4.78, 5) is 12.8. The molecule has 1 saturated heterocycles. The maximum atomic E-state index is 13.1. The molecule has 0 unspecified atom stereocenters. The molecule has 176 valence electrons. The minimum absolute atomic E-state index is 0.0304. The van der Waals surface area contributed by atoms with E-state index >= 15 is 0 Å². The molecule has 1 heterocycles. The molecule has 6 nitrogen and oxygen atoms in total. The van der Waals surface area contributed by atoms with Gasteiger partial charge < -0.3 is 9.08 Å². The fourth-order valence-electron chi connectivity index (χ4n) is 4.67. The van der Waals surface area contributed by atoms with Crippen molar-refractivity contribution >= 4 is 16.0 Å². The highest BCUT2D eigenvalue weighted by Gasteiger charge is 2.59. The number of halogens is 6. The number of piperidine rings is 1. The summed E-state index contributed by atoms with van der Waals surface area (Å²) in [5.41, 5.74) is -7.44. The SMILES string of the molecule is CC1(C)[C@H]2Cc3cc(C#N)c(OS(=O)(=O)C(F)(F)F)cc3[C@]1(C)CCN2C(=O)C(F)(F)F. The third-order valence-electron chi connectivity index (χ3n) is 6.80. The van der Waals surface area contributed by atoms with E-state index < -0.39 is 55.9 Å². The number of rotatable bonds is 2. The number of carbonyl (C=O) groups excluding carboxylic acids is 1. The van der Waals surface area contributed by atoms with Crippen LogP contribution in [0.1, 0.15) is 43.9 Å². The second-order valence-electron chi connectivity index (χ2n) is 8.62. The van der Waals surface area contributed by atoms with Crippen molar-refractivity contribution in [3.05, 3.63) is 28.8 Å². The molecule has 13 heteroatoms. The molecular weight excluding hydrogens is 466 g/mol. The first-order chi connectivity index (χ1) is 14.4. The molecule has 1 fully saturated rings. The zero-order valence-corrected chi connectivity index (χ0v) is 17.9. The minimum Gasteiger partial charge on any atom is -0.375 e. The van der Waals surface area contributed by atoms with Crippen LogP contribution in [0.5, 0.6) is 5.75 Å². The second-order valence-corrected chi connectivity index (χ2v) is 10.2. The number of nitrogens with zero attached hydrogens (tertiary/aromatic N) is 2. The van der Waals surface area contributed by atoms with Crippen molar-refractivity contribution in [1.82, 2.24) is 4.90 Å². The van der Waals surface area contributed by atoms with Gasteiger partial charge in [-0.1, -0.05) is 20.8 Å². The van der Waals surface area contributed by atoms with Crippen molar-refractivity contribution in [3.63, 3.8) is 0 Å². The molecule has 0 aromatic heterocycles. The number of hydrogen-bond donors (Lipinski definition) is 0. The van der Waals surface area contributed by atoms with E-state index in [1.54, 1.807) is 26.8 Å². The van der Waals surface area contributed by atoms with Gasteiger partial charge >= 0.3 is 27.7 Å². The molecule has 3 rings (SSSR count). The third kappa shape index (κ3) is 3.48. The molecule has 0 saturated carbocycles. The Labute approximate surface area is 179 Å². The summed E-state index contributed by atoms with van der Waals surface area (Å²) in [6.45, 7) is 4.71. The Bertz CT molecular complexity index is 1120. The average Bonchev–Trinajstić information content (AvgIpc) is 2.62. The lowest BCUT2D eigenvalue weighted by molar-refractivity contribution is -0.195. The van der Waals surface area contributed by atoms with Gasteiger partial charge in [0.1, 0.15) is 6.07 Å². The zero-order chi connectivity index (χ0) is 24.5. The molecule has 0 N–H and O–H groups in total. The van der Waals surface area contributed by atoms with Gasteiger partial charge in [0.05, 0.1) is 5.56 Å². The normalized spacial score (nSPS) is 25.0. The van der Waals surface area contributed by atoms with Gasteiger partial charge in [-0.15, -0.1) is 0 Å². The van der Waals surface area contributed by atoms with E-state index in [4.69, 9.17) is 0 Å². The molecule has 1 amide bonds. The van der Waals surface area contributed by atoms with Crippen LogP contribution in [0.15, 0.2) is 12.1 Å². The van der Waals surface area contributed by atoms with Crippen molar-refractivity contribution in [1.29, 1.82) is 5.26 Å². The number of amides is 1. The van der Waals surface area contributed by atoms with E-state index in [-0.39, 0.29) is 19.4 Å². The zero-order valence-electron chi connectivity index (χ0n) is 17.1. The van der Waals surface area contributed by atoms with Gasteiger partial charge in [0.15, 0.2) is 5.75 Å². The van der Waals surface area contributed by atoms with Crippen LogP contribution in [0.3, 0.4) is 0 Å². The molecule has 0 radical (unpaired) electrons. The predicted molar refractivity (Wildman–Crippen MR) is 97.8 cm³/mol. The maximum absolute atomic E-state index is 13.1. The second kappa shape index (κ2) is 7.00. The van der Waals surface area contributed by atoms with Crippen molar-refractivity contribution in [2.45, 2.75) is 56.8 Å². The Morgan fingerprint density at radius 3 is 2.28 bits per heavy atom. The summed E-state index contributed by atoms with van der Waals surface area (Å²) < 4.78 is 105. The summed E-state index contributed by atoms with van der Waals surface area (Å²) in [5, 5.41) is 9.32. The van der Waals surface area contributed by atoms with E-state index in [0.29, 0.717) is 11.1 Å². The molecule has 2 aliphatic rings. The Kier molecular flexibility index (Phi) is 5.29. The Morgan fingerprint density at radius 2 is 1.78 bits per heavy atom. The number of alkyl halides is 6. The monoisotopic (exact) mass is 484 g/mol. The standard InChI is InChI=1S/C19H18F6N2O4S/c1-16(2)14-7-10-6-11(9-26)13(31-32(29,30)19(23,24)25)8-12(10)17(16,3)4-5-27(14)15(28)18(20,21)22/h6,8,14H,4-5,7H2,1-3H3/t14-,17+/m1/s1. The lowest BCUT2D eigenvalue weighted by atomic mass is 9.51. The summed E-state index contributed by atoms with van der Waals surface area (Å²) in [7, 11) is -6.04. The first kappa shape index (κ1) is 24.2. The van der Waals surface area contributed by atoms with Crippen LogP contribution in [0.25, 0.3) is 0 Å². The largest absolute Gasteiger partial charge is 0.534 e. The van der Waals surface area contributed by atoms with Crippen molar-refractivity contribution in [2.75, 3.05) is 6.54 Å². The number of benzene rings is 1. The van der Waals surface area contributed by atoms with Crippen LogP contribution < -0.4 is 4.18 Å². The van der Waals surface area contributed by atoms with Crippen LogP contribution in [0.2, 0.25) is 0 Å². The number of hydrogen-bond acceptors (Lipinski definition) is 5.